The Hall–Kier alpha value is -2.19. The molecule has 0 aliphatic carbocycles. The van der Waals surface area contributed by atoms with E-state index in [-0.39, 0.29) is 23.8 Å². The van der Waals surface area contributed by atoms with Crippen LogP contribution in [0.5, 0.6) is 0 Å². The Morgan fingerprint density at radius 3 is 2.92 bits per heavy atom. The molecule has 2 aromatic heterocycles. The van der Waals surface area contributed by atoms with Gasteiger partial charge in [-0.3, -0.25) is 4.79 Å². The molecule has 1 aliphatic heterocycles. The Morgan fingerprint density at radius 2 is 2.24 bits per heavy atom. The van der Waals surface area contributed by atoms with E-state index < -0.39 is 21.8 Å². The van der Waals surface area contributed by atoms with Gasteiger partial charge in [0.05, 0.1) is 22.5 Å². The predicted octanol–water partition coefficient (Wildman–Crippen LogP) is 1.56. The molecule has 0 aromatic carbocycles. The highest BCUT2D eigenvalue weighted by atomic mass is 79.9. The van der Waals surface area contributed by atoms with E-state index >= 15 is 0 Å². The second-order valence-electron chi connectivity index (χ2n) is 5.51. The fraction of sp³-hybridized carbons (Fsp3) is 0.429. The maximum atomic E-state index is 13.2. The summed E-state index contributed by atoms with van der Waals surface area (Å²) in [5, 5.41) is 15.8. The number of nitrogens with one attached hydrogen (secondary N) is 1. The van der Waals surface area contributed by atoms with E-state index in [0.29, 0.717) is 19.6 Å². The van der Waals surface area contributed by atoms with Gasteiger partial charge in [0, 0.05) is 25.7 Å². The molecule has 11 heteroatoms. The van der Waals surface area contributed by atoms with Crippen LogP contribution < -0.4 is 15.8 Å². The lowest BCUT2D eigenvalue weighted by molar-refractivity contribution is -0.138. The van der Waals surface area contributed by atoms with Gasteiger partial charge in [-0.1, -0.05) is 0 Å². The third kappa shape index (κ3) is 3.32. The van der Waals surface area contributed by atoms with Crippen molar-refractivity contribution in [3.05, 3.63) is 32.8 Å². The number of rotatable bonds is 2. The van der Waals surface area contributed by atoms with Crippen molar-refractivity contribution in [1.29, 1.82) is 5.26 Å². The first kappa shape index (κ1) is 17.6. The lowest BCUT2D eigenvalue weighted by Crippen LogP contribution is -2.51. The summed E-state index contributed by atoms with van der Waals surface area (Å²) in [4.78, 5) is 18.1. The molecule has 1 fully saturated rings. The average Bonchev–Trinajstić information content (AvgIpc) is 2.57. The highest BCUT2D eigenvalue weighted by Gasteiger charge is 2.35. The minimum absolute atomic E-state index is 0.0272. The lowest BCUT2D eigenvalue weighted by atomic mass is 10.1. The van der Waals surface area contributed by atoms with Gasteiger partial charge >= 0.3 is 6.18 Å². The van der Waals surface area contributed by atoms with Crippen LogP contribution in [0.3, 0.4) is 0 Å². The summed E-state index contributed by atoms with van der Waals surface area (Å²) in [5.41, 5.74) is -2.00. The third-order valence-corrected chi connectivity index (χ3v) is 4.67. The summed E-state index contributed by atoms with van der Waals surface area (Å²) in [6.07, 6.45) is -3.30. The zero-order valence-electron chi connectivity index (χ0n) is 12.7. The van der Waals surface area contributed by atoms with E-state index in [2.05, 4.69) is 37.4 Å². The molecular weight excluding hydrogens is 405 g/mol. The zero-order valence-corrected chi connectivity index (χ0v) is 14.3. The molecule has 3 heterocycles. The first-order valence-electron chi connectivity index (χ1n) is 7.32. The molecule has 0 spiro atoms. The summed E-state index contributed by atoms with van der Waals surface area (Å²) < 4.78 is 39.9. The van der Waals surface area contributed by atoms with E-state index in [0.717, 1.165) is 16.9 Å². The molecule has 0 saturated carbocycles. The normalized spacial score (nSPS) is 18.4. The number of hydrogen-bond donors (Lipinski definition) is 1. The van der Waals surface area contributed by atoms with Crippen molar-refractivity contribution in [3.8, 4) is 6.07 Å². The number of fused-ring (bicyclic) bond motifs is 1. The van der Waals surface area contributed by atoms with Crippen molar-refractivity contribution in [3.63, 3.8) is 0 Å². The quantitative estimate of drug-likeness (QED) is 0.799. The number of pyridine rings is 1. The lowest BCUT2D eigenvalue weighted by Gasteiger charge is -2.33. The molecule has 7 nitrogen and oxygen atoms in total. The molecule has 1 N–H and O–H groups in total. The number of anilines is 1. The number of aromatic nitrogens is 3. The van der Waals surface area contributed by atoms with Crippen molar-refractivity contribution in [1.82, 2.24) is 19.9 Å². The van der Waals surface area contributed by atoms with E-state index in [1.165, 1.54) is 0 Å². The van der Waals surface area contributed by atoms with Crippen LogP contribution >= 0.6 is 15.9 Å². The van der Waals surface area contributed by atoms with Crippen LogP contribution in [0.1, 0.15) is 12.0 Å². The minimum atomic E-state index is -4.69. The smallest absolute Gasteiger partial charge is 0.352 e. The monoisotopic (exact) mass is 416 g/mol. The molecule has 1 unspecified atom stereocenters. The van der Waals surface area contributed by atoms with E-state index in [9.17, 15) is 18.0 Å². The summed E-state index contributed by atoms with van der Waals surface area (Å²) in [5.74, 6) is 0.231. The zero-order chi connectivity index (χ0) is 18.2. The Labute approximate surface area is 148 Å². The molecule has 25 heavy (non-hydrogen) atoms. The fourth-order valence-corrected chi connectivity index (χ4v) is 3.27. The summed E-state index contributed by atoms with van der Waals surface area (Å²) >= 11 is 2.71. The Bertz CT molecular complexity index is 906. The first-order valence-corrected chi connectivity index (χ1v) is 8.11. The molecule has 3 rings (SSSR count). The highest BCUT2D eigenvalue weighted by molar-refractivity contribution is 9.10. The highest BCUT2D eigenvalue weighted by Crippen LogP contribution is 2.35. The second kappa shape index (κ2) is 6.61. The second-order valence-corrected chi connectivity index (χ2v) is 6.31. The van der Waals surface area contributed by atoms with Gasteiger partial charge in [-0.25, -0.2) is 4.98 Å². The molecule has 132 valence electrons. The van der Waals surface area contributed by atoms with E-state index in [4.69, 9.17) is 5.26 Å². The number of hydrogen-bond acceptors (Lipinski definition) is 6. The largest absolute Gasteiger partial charge is 0.417 e. The maximum Gasteiger partial charge on any atom is 0.417 e. The minimum Gasteiger partial charge on any atom is -0.352 e. The average molecular weight is 417 g/mol. The Balaban J connectivity index is 2.15. The van der Waals surface area contributed by atoms with Gasteiger partial charge in [0.1, 0.15) is 11.8 Å². The molecule has 0 radical (unpaired) electrons. The van der Waals surface area contributed by atoms with Gasteiger partial charge in [0.2, 0.25) is 0 Å². The number of alkyl halides is 3. The first-order chi connectivity index (χ1) is 11.8. The Morgan fingerprint density at radius 1 is 1.48 bits per heavy atom. The van der Waals surface area contributed by atoms with Gasteiger partial charge in [-0.15, -0.1) is 0 Å². The molecule has 2 aromatic rings. The molecule has 0 amide bonds. The van der Waals surface area contributed by atoms with Crippen molar-refractivity contribution < 1.29 is 13.2 Å². The maximum absolute atomic E-state index is 13.2. The summed E-state index contributed by atoms with van der Waals surface area (Å²) in [6, 6.07) is 2.80. The summed E-state index contributed by atoms with van der Waals surface area (Å²) in [6.45, 7) is 1.43. The van der Waals surface area contributed by atoms with Crippen LogP contribution in [0, 0.1) is 11.3 Å². The van der Waals surface area contributed by atoms with Crippen LogP contribution in [0.2, 0.25) is 0 Å². The van der Waals surface area contributed by atoms with E-state index in [1.807, 2.05) is 0 Å². The van der Waals surface area contributed by atoms with Crippen molar-refractivity contribution in [2.45, 2.75) is 18.6 Å². The van der Waals surface area contributed by atoms with Gasteiger partial charge in [-0.2, -0.15) is 28.0 Å². The third-order valence-electron chi connectivity index (χ3n) is 3.90. The fourth-order valence-electron chi connectivity index (χ4n) is 2.77. The molecule has 0 bridgehead atoms. The molecule has 1 atom stereocenters. The Kier molecular flexibility index (Phi) is 4.66. The molecular formula is C14H12BrF3N6O. The van der Waals surface area contributed by atoms with Gasteiger partial charge in [-0.05, 0) is 22.0 Å². The number of halogens is 4. The molecule has 1 saturated heterocycles. The van der Waals surface area contributed by atoms with Gasteiger partial charge < -0.3 is 10.2 Å². The van der Waals surface area contributed by atoms with Crippen LogP contribution in [0.15, 0.2) is 21.7 Å². The van der Waals surface area contributed by atoms with Crippen molar-refractivity contribution in [2.24, 2.45) is 0 Å². The van der Waals surface area contributed by atoms with E-state index in [1.54, 1.807) is 4.90 Å². The van der Waals surface area contributed by atoms with Crippen LogP contribution in [0.25, 0.3) is 5.52 Å². The molecule has 1 aliphatic rings. The number of piperazine rings is 1. The van der Waals surface area contributed by atoms with Crippen molar-refractivity contribution >= 4 is 27.3 Å². The standard InChI is InChI=1S/C14H12BrF3N6O/c15-11-9(14(16,17)18)5-10-12(21-7-22-24(10)13(11)25)23-4-3-20-8(6-23)1-2-19/h5,7-8,20H,1,3-4,6H2. The van der Waals surface area contributed by atoms with Crippen LogP contribution in [-0.4, -0.2) is 40.3 Å². The van der Waals surface area contributed by atoms with Gasteiger partial charge in [0.15, 0.2) is 5.82 Å². The number of nitriles is 1. The van der Waals surface area contributed by atoms with Crippen LogP contribution in [0.4, 0.5) is 19.0 Å². The number of nitrogens with zero attached hydrogens (tertiary/aromatic N) is 5. The summed E-state index contributed by atoms with van der Waals surface area (Å²) in [7, 11) is 0. The predicted molar refractivity (Wildman–Crippen MR) is 86.2 cm³/mol. The van der Waals surface area contributed by atoms with Crippen molar-refractivity contribution in [2.75, 3.05) is 24.5 Å². The topological polar surface area (TPSA) is 86.3 Å². The van der Waals surface area contributed by atoms with Gasteiger partial charge in [0.25, 0.3) is 5.56 Å². The SMILES string of the molecule is N#CCC1CN(c2ncnn3c(=O)c(Br)c(C(F)(F)F)cc23)CCN1. The van der Waals surface area contributed by atoms with Crippen LogP contribution in [-0.2, 0) is 6.18 Å².